The number of ether oxygens (including phenoxy) is 1. The van der Waals surface area contributed by atoms with Gasteiger partial charge in [-0.3, -0.25) is 4.79 Å². The number of hydrogen-bond acceptors (Lipinski definition) is 3. The molecule has 0 saturated heterocycles. The van der Waals surface area contributed by atoms with Crippen molar-refractivity contribution in [3.05, 3.63) is 29.8 Å². The second-order valence-electron chi connectivity index (χ2n) is 4.67. The Morgan fingerprint density at radius 1 is 1.32 bits per heavy atom. The van der Waals surface area contributed by atoms with Gasteiger partial charge in [0.25, 0.3) is 0 Å². The number of likely N-dealkylation sites (N-methyl/N-ethyl adjacent to an activating group) is 1. The molecule has 1 rings (SSSR count). The highest BCUT2D eigenvalue weighted by Gasteiger charge is 2.16. The van der Waals surface area contributed by atoms with E-state index in [1.165, 1.54) is 0 Å². The predicted molar refractivity (Wildman–Crippen MR) is 77.0 cm³/mol. The Morgan fingerprint density at radius 3 is 2.47 bits per heavy atom. The summed E-state index contributed by atoms with van der Waals surface area (Å²) in [5.74, 6) is 0.846. The molecule has 0 aliphatic rings. The molecule has 1 aromatic carbocycles. The van der Waals surface area contributed by atoms with Crippen molar-refractivity contribution in [1.82, 2.24) is 4.90 Å². The molecule has 1 atom stereocenters. The zero-order chi connectivity index (χ0) is 14.3. The molecule has 2 N–H and O–H groups in total. The first-order valence-electron chi connectivity index (χ1n) is 6.80. The van der Waals surface area contributed by atoms with Crippen molar-refractivity contribution in [2.75, 3.05) is 13.7 Å². The number of benzene rings is 1. The van der Waals surface area contributed by atoms with Gasteiger partial charge in [0.2, 0.25) is 5.91 Å². The van der Waals surface area contributed by atoms with Crippen LogP contribution >= 0.6 is 0 Å². The summed E-state index contributed by atoms with van der Waals surface area (Å²) in [7, 11) is 1.79. The van der Waals surface area contributed by atoms with E-state index in [-0.39, 0.29) is 5.91 Å². The Hall–Kier alpha value is -1.55. The van der Waals surface area contributed by atoms with Crippen molar-refractivity contribution in [3.63, 3.8) is 0 Å². The highest BCUT2D eigenvalue weighted by atomic mass is 16.5. The maximum absolute atomic E-state index is 12.0. The summed E-state index contributed by atoms with van der Waals surface area (Å²) in [5.41, 5.74) is 6.91. The van der Waals surface area contributed by atoms with Gasteiger partial charge < -0.3 is 15.4 Å². The first-order valence-corrected chi connectivity index (χ1v) is 6.80. The van der Waals surface area contributed by atoms with Gasteiger partial charge in [0.1, 0.15) is 5.75 Å². The van der Waals surface area contributed by atoms with E-state index in [4.69, 9.17) is 10.5 Å². The smallest absolute Gasteiger partial charge is 0.239 e. The van der Waals surface area contributed by atoms with E-state index in [9.17, 15) is 4.79 Å². The molecule has 0 aliphatic heterocycles. The lowest BCUT2D eigenvalue weighted by molar-refractivity contribution is -0.131. The van der Waals surface area contributed by atoms with Crippen LogP contribution in [0.2, 0.25) is 0 Å². The average molecular weight is 264 g/mol. The molecule has 0 radical (unpaired) electrons. The molecular weight excluding hydrogens is 240 g/mol. The molecule has 4 heteroatoms. The fraction of sp³-hybridized carbons (Fsp3) is 0.533. The zero-order valence-corrected chi connectivity index (χ0v) is 12.1. The van der Waals surface area contributed by atoms with Crippen LogP contribution in [0, 0.1) is 0 Å². The van der Waals surface area contributed by atoms with E-state index < -0.39 is 6.04 Å². The van der Waals surface area contributed by atoms with Gasteiger partial charge in [0, 0.05) is 13.6 Å². The molecule has 0 bridgehead atoms. The summed E-state index contributed by atoms with van der Waals surface area (Å²) in [5, 5.41) is 0. The van der Waals surface area contributed by atoms with Crippen LogP contribution in [-0.2, 0) is 11.3 Å². The maximum atomic E-state index is 12.0. The number of amides is 1. The lowest BCUT2D eigenvalue weighted by Crippen LogP contribution is -2.41. The zero-order valence-electron chi connectivity index (χ0n) is 12.1. The van der Waals surface area contributed by atoms with E-state index in [1.807, 2.05) is 38.1 Å². The number of carbonyl (C=O) groups is 1. The van der Waals surface area contributed by atoms with Crippen LogP contribution in [0.3, 0.4) is 0 Å². The van der Waals surface area contributed by atoms with Crippen LogP contribution in [0.25, 0.3) is 0 Å². The molecule has 0 aliphatic carbocycles. The van der Waals surface area contributed by atoms with Gasteiger partial charge in [-0.1, -0.05) is 25.5 Å². The Morgan fingerprint density at radius 2 is 1.95 bits per heavy atom. The van der Waals surface area contributed by atoms with Crippen molar-refractivity contribution in [2.45, 2.75) is 39.3 Å². The van der Waals surface area contributed by atoms with E-state index in [0.717, 1.165) is 24.2 Å². The van der Waals surface area contributed by atoms with Crippen molar-refractivity contribution >= 4 is 5.91 Å². The highest BCUT2D eigenvalue weighted by molar-refractivity contribution is 5.81. The lowest BCUT2D eigenvalue weighted by atomic mass is 10.1. The normalized spacial score (nSPS) is 12.0. The number of nitrogens with two attached hydrogens (primary N) is 1. The molecule has 1 unspecified atom stereocenters. The molecule has 106 valence electrons. The fourth-order valence-electron chi connectivity index (χ4n) is 1.93. The number of carbonyl (C=O) groups excluding carboxylic acids is 1. The summed E-state index contributed by atoms with van der Waals surface area (Å²) in [6.45, 7) is 5.21. The first kappa shape index (κ1) is 15.5. The van der Waals surface area contributed by atoms with Crippen LogP contribution in [-0.4, -0.2) is 30.5 Å². The maximum Gasteiger partial charge on any atom is 0.239 e. The number of nitrogens with zero attached hydrogens (tertiary/aromatic N) is 1. The van der Waals surface area contributed by atoms with E-state index in [2.05, 4.69) is 0 Å². The quantitative estimate of drug-likeness (QED) is 0.821. The van der Waals surface area contributed by atoms with Crippen molar-refractivity contribution < 1.29 is 9.53 Å². The van der Waals surface area contributed by atoms with Gasteiger partial charge >= 0.3 is 0 Å². The molecule has 0 saturated carbocycles. The molecule has 0 spiro atoms. The number of rotatable bonds is 7. The molecule has 1 amide bonds. The Labute approximate surface area is 115 Å². The van der Waals surface area contributed by atoms with Gasteiger partial charge in [-0.15, -0.1) is 0 Å². The monoisotopic (exact) mass is 264 g/mol. The van der Waals surface area contributed by atoms with Crippen LogP contribution in [0.1, 0.15) is 32.3 Å². The molecule has 1 aromatic rings. The Bertz CT molecular complexity index is 390. The van der Waals surface area contributed by atoms with Crippen LogP contribution < -0.4 is 10.5 Å². The summed E-state index contributed by atoms with van der Waals surface area (Å²) < 4.78 is 5.38. The Kier molecular flexibility index (Phi) is 6.36. The SMILES string of the molecule is CCCC(N)C(=O)N(C)Cc1ccc(OCC)cc1. The third-order valence-corrected chi connectivity index (χ3v) is 2.95. The van der Waals surface area contributed by atoms with Gasteiger partial charge in [-0.05, 0) is 31.0 Å². The predicted octanol–water partition coefficient (Wildman–Crippen LogP) is 2.17. The highest BCUT2D eigenvalue weighted by Crippen LogP contribution is 2.13. The van der Waals surface area contributed by atoms with E-state index >= 15 is 0 Å². The lowest BCUT2D eigenvalue weighted by Gasteiger charge is -2.21. The third-order valence-electron chi connectivity index (χ3n) is 2.95. The summed E-state index contributed by atoms with van der Waals surface area (Å²) in [4.78, 5) is 13.7. The topological polar surface area (TPSA) is 55.6 Å². The minimum Gasteiger partial charge on any atom is -0.494 e. The summed E-state index contributed by atoms with van der Waals surface area (Å²) in [6, 6.07) is 7.39. The van der Waals surface area contributed by atoms with Crippen molar-refractivity contribution in [1.29, 1.82) is 0 Å². The summed E-state index contributed by atoms with van der Waals surface area (Å²) in [6.07, 6.45) is 1.65. The average Bonchev–Trinajstić information content (AvgIpc) is 2.40. The van der Waals surface area contributed by atoms with Crippen LogP contribution in [0.4, 0.5) is 0 Å². The van der Waals surface area contributed by atoms with Gasteiger partial charge in [0.15, 0.2) is 0 Å². The largest absolute Gasteiger partial charge is 0.494 e. The Balaban J connectivity index is 2.56. The first-order chi connectivity index (χ1) is 9.08. The third kappa shape index (κ3) is 4.91. The van der Waals surface area contributed by atoms with Crippen molar-refractivity contribution in [3.8, 4) is 5.75 Å². The molecule has 4 nitrogen and oxygen atoms in total. The standard InChI is InChI=1S/C15H24N2O2/c1-4-6-14(16)15(18)17(3)11-12-7-9-13(10-8-12)19-5-2/h7-10,14H,4-6,11,16H2,1-3H3. The van der Waals surface area contributed by atoms with Gasteiger partial charge in [-0.25, -0.2) is 0 Å². The van der Waals surface area contributed by atoms with E-state index in [0.29, 0.717) is 13.2 Å². The second kappa shape index (κ2) is 7.79. The number of hydrogen-bond donors (Lipinski definition) is 1. The van der Waals surface area contributed by atoms with Crippen molar-refractivity contribution in [2.24, 2.45) is 5.73 Å². The van der Waals surface area contributed by atoms with Crippen LogP contribution in [0.15, 0.2) is 24.3 Å². The molecular formula is C15H24N2O2. The minimum absolute atomic E-state index is 0.00395. The molecule has 0 fully saturated rings. The van der Waals surface area contributed by atoms with Crippen LogP contribution in [0.5, 0.6) is 5.75 Å². The fourth-order valence-corrected chi connectivity index (χ4v) is 1.93. The summed E-state index contributed by atoms with van der Waals surface area (Å²) >= 11 is 0. The van der Waals surface area contributed by atoms with Gasteiger partial charge in [0.05, 0.1) is 12.6 Å². The molecule has 19 heavy (non-hydrogen) atoms. The van der Waals surface area contributed by atoms with E-state index in [1.54, 1.807) is 11.9 Å². The molecule has 0 heterocycles. The minimum atomic E-state index is -0.391. The van der Waals surface area contributed by atoms with Gasteiger partial charge in [-0.2, -0.15) is 0 Å². The molecule has 0 aromatic heterocycles. The second-order valence-corrected chi connectivity index (χ2v) is 4.67.